The Kier molecular flexibility index (Phi) is 3.78. The van der Waals surface area contributed by atoms with Gasteiger partial charge in [0.25, 0.3) is 5.92 Å². The smallest absolute Gasteiger partial charge is 0.251 e. The number of nitrogens with zero attached hydrogens (tertiary/aromatic N) is 3. The summed E-state index contributed by atoms with van der Waals surface area (Å²) in [6, 6.07) is 5.70. The highest BCUT2D eigenvalue weighted by Gasteiger charge is 2.38. The van der Waals surface area contributed by atoms with Crippen LogP contribution in [0.5, 0.6) is 0 Å². The third kappa shape index (κ3) is 3.14. The van der Waals surface area contributed by atoms with Crippen LogP contribution in [-0.2, 0) is 4.79 Å². The van der Waals surface area contributed by atoms with Crippen molar-refractivity contribution in [1.82, 2.24) is 9.88 Å². The first kappa shape index (κ1) is 14.2. The molecule has 0 spiro atoms. The molecule has 3 rings (SSSR count). The number of hydrogen-bond acceptors (Lipinski definition) is 3. The molecule has 0 aliphatic carbocycles. The van der Waals surface area contributed by atoms with E-state index in [2.05, 4.69) is 9.88 Å². The average molecular weight is 295 g/mol. The number of pyridine rings is 1. The molecule has 1 aromatic rings. The number of hydrogen-bond donors (Lipinski definition) is 0. The second kappa shape index (κ2) is 5.58. The quantitative estimate of drug-likeness (QED) is 0.839. The van der Waals surface area contributed by atoms with Gasteiger partial charge in [-0.05, 0) is 18.6 Å². The summed E-state index contributed by atoms with van der Waals surface area (Å²) in [6.07, 6.45) is 2.07. The molecule has 0 N–H and O–H groups in total. The fourth-order valence-corrected chi connectivity index (χ4v) is 3.02. The van der Waals surface area contributed by atoms with Gasteiger partial charge in [0.15, 0.2) is 0 Å². The molecule has 1 unspecified atom stereocenters. The molecule has 2 saturated heterocycles. The number of amides is 1. The lowest BCUT2D eigenvalue weighted by Gasteiger charge is -2.33. The van der Waals surface area contributed by atoms with E-state index in [-0.39, 0.29) is 37.8 Å². The van der Waals surface area contributed by atoms with Crippen LogP contribution in [0.15, 0.2) is 24.4 Å². The molecule has 0 radical (unpaired) electrons. The molecule has 3 heterocycles. The van der Waals surface area contributed by atoms with Gasteiger partial charge in [-0.1, -0.05) is 6.07 Å². The first-order valence-corrected chi connectivity index (χ1v) is 7.38. The average Bonchev–Trinajstić information content (AvgIpc) is 2.97. The Morgan fingerprint density at radius 3 is 2.67 bits per heavy atom. The lowest BCUT2D eigenvalue weighted by atomic mass is 10.0. The number of anilines is 1. The van der Waals surface area contributed by atoms with Gasteiger partial charge in [-0.3, -0.25) is 4.79 Å². The minimum atomic E-state index is -2.60. The van der Waals surface area contributed by atoms with Gasteiger partial charge in [-0.25, -0.2) is 13.8 Å². The van der Waals surface area contributed by atoms with Crippen molar-refractivity contribution in [3.8, 4) is 0 Å². The van der Waals surface area contributed by atoms with Gasteiger partial charge < -0.3 is 9.80 Å². The molecule has 2 aliphatic rings. The van der Waals surface area contributed by atoms with Gasteiger partial charge in [0.2, 0.25) is 5.91 Å². The zero-order valence-electron chi connectivity index (χ0n) is 11.8. The number of aromatic nitrogens is 1. The molecule has 1 aromatic heterocycles. The van der Waals surface area contributed by atoms with E-state index in [0.717, 1.165) is 18.8 Å². The maximum absolute atomic E-state index is 13.1. The summed E-state index contributed by atoms with van der Waals surface area (Å²) in [4.78, 5) is 20.4. The number of likely N-dealkylation sites (tertiary alicyclic amines) is 1. The maximum atomic E-state index is 13.1. The molecule has 0 bridgehead atoms. The van der Waals surface area contributed by atoms with Crippen molar-refractivity contribution in [2.45, 2.75) is 25.2 Å². The first-order chi connectivity index (χ1) is 10.1. The van der Waals surface area contributed by atoms with Gasteiger partial charge in [0, 0.05) is 45.2 Å². The summed E-state index contributed by atoms with van der Waals surface area (Å²) in [5, 5.41) is 0. The highest BCUT2D eigenvalue weighted by molar-refractivity contribution is 5.80. The lowest BCUT2D eigenvalue weighted by molar-refractivity contribution is -0.140. The van der Waals surface area contributed by atoms with Crippen LogP contribution in [0.3, 0.4) is 0 Å². The zero-order chi connectivity index (χ0) is 14.9. The first-order valence-electron chi connectivity index (χ1n) is 7.38. The standard InChI is InChI=1S/C15H19F2N3O/c16-15(17)5-9-19(10-6-15)14(21)12-4-8-20(11-12)13-3-1-2-7-18-13/h1-3,7,12H,4-6,8-11H2. The van der Waals surface area contributed by atoms with E-state index in [1.54, 1.807) is 11.1 Å². The van der Waals surface area contributed by atoms with Crippen molar-refractivity contribution < 1.29 is 13.6 Å². The summed E-state index contributed by atoms with van der Waals surface area (Å²) < 4.78 is 26.3. The molecule has 6 heteroatoms. The van der Waals surface area contributed by atoms with Crippen LogP contribution in [0.1, 0.15) is 19.3 Å². The minimum Gasteiger partial charge on any atom is -0.356 e. The molecular weight excluding hydrogens is 276 g/mol. The Morgan fingerprint density at radius 2 is 2.00 bits per heavy atom. The predicted molar refractivity (Wildman–Crippen MR) is 75.3 cm³/mol. The van der Waals surface area contributed by atoms with Gasteiger partial charge in [-0.2, -0.15) is 0 Å². The summed E-state index contributed by atoms with van der Waals surface area (Å²) in [5.41, 5.74) is 0. The van der Waals surface area contributed by atoms with Crippen molar-refractivity contribution in [2.24, 2.45) is 5.92 Å². The van der Waals surface area contributed by atoms with Crippen molar-refractivity contribution in [1.29, 1.82) is 0 Å². The van der Waals surface area contributed by atoms with E-state index in [9.17, 15) is 13.6 Å². The van der Waals surface area contributed by atoms with Crippen LogP contribution in [0, 0.1) is 5.92 Å². The highest BCUT2D eigenvalue weighted by atomic mass is 19.3. The number of piperidine rings is 1. The number of carbonyl (C=O) groups is 1. The third-order valence-corrected chi connectivity index (χ3v) is 4.32. The number of alkyl halides is 2. The second-order valence-corrected chi connectivity index (χ2v) is 5.80. The summed E-state index contributed by atoms with van der Waals surface area (Å²) in [6.45, 7) is 1.76. The molecule has 21 heavy (non-hydrogen) atoms. The molecule has 0 saturated carbocycles. The van der Waals surface area contributed by atoms with Crippen LogP contribution in [0.25, 0.3) is 0 Å². The monoisotopic (exact) mass is 295 g/mol. The van der Waals surface area contributed by atoms with Gasteiger partial charge in [-0.15, -0.1) is 0 Å². The molecule has 0 aromatic carbocycles. The van der Waals surface area contributed by atoms with E-state index in [4.69, 9.17) is 0 Å². The molecule has 1 atom stereocenters. The van der Waals surface area contributed by atoms with Crippen LogP contribution in [0.4, 0.5) is 14.6 Å². The fourth-order valence-electron chi connectivity index (χ4n) is 3.02. The highest BCUT2D eigenvalue weighted by Crippen LogP contribution is 2.30. The number of carbonyl (C=O) groups excluding carboxylic acids is 1. The van der Waals surface area contributed by atoms with Gasteiger partial charge >= 0.3 is 0 Å². The molecular formula is C15H19F2N3O. The second-order valence-electron chi connectivity index (χ2n) is 5.80. The van der Waals surface area contributed by atoms with Crippen LogP contribution >= 0.6 is 0 Å². The normalized spacial score (nSPS) is 25.1. The third-order valence-electron chi connectivity index (χ3n) is 4.32. The lowest BCUT2D eigenvalue weighted by Crippen LogP contribution is -2.45. The Balaban J connectivity index is 1.58. The van der Waals surface area contributed by atoms with Gasteiger partial charge in [0.05, 0.1) is 5.92 Å². The van der Waals surface area contributed by atoms with Crippen LogP contribution in [0.2, 0.25) is 0 Å². The molecule has 4 nitrogen and oxygen atoms in total. The van der Waals surface area contributed by atoms with E-state index < -0.39 is 5.92 Å². The van der Waals surface area contributed by atoms with Crippen molar-refractivity contribution in [2.75, 3.05) is 31.1 Å². The van der Waals surface area contributed by atoms with Crippen molar-refractivity contribution in [3.63, 3.8) is 0 Å². The van der Waals surface area contributed by atoms with Gasteiger partial charge in [0.1, 0.15) is 5.82 Å². The van der Waals surface area contributed by atoms with Crippen molar-refractivity contribution >= 4 is 11.7 Å². The molecule has 1 amide bonds. The van der Waals surface area contributed by atoms with E-state index >= 15 is 0 Å². The Hall–Kier alpha value is -1.72. The largest absolute Gasteiger partial charge is 0.356 e. The van der Waals surface area contributed by atoms with Crippen molar-refractivity contribution in [3.05, 3.63) is 24.4 Å². The maximum Gasteiger partial charge on any atom is 0.251 e. The summed E-state index contributed by atoms with van der Waals surface area (Å²) in [7, 11) is 0. The predicted octanol–water partition coefficient (Wildman–Crippen LogP) is 2.17. The Morgan fingerprint density at radius 1 is 1.24 bits per heavy atom. The zero-order valence-corrected chi connectivity index (χ0v) is 11.8. The van der Waals surface area contributed by atoms with E-state index in [1.165, 1.54) is 0 Å². The Bertz CT molecular complexity index is 499. The van der Waals surface area contributed by atoms with Crippen LogP contribution in [-0.4, -0.2) is 47.9 Å². The number of halogens is 2. The summed E-state index contributed by atoms with van der Waals surface area (Å²) >= 11 is 0. The minimum absolute atomic E-state index is 0.0175. The molecule has 2 fully saturated rings. The number of rotatable bonds is 2. The topological polar surface area (TPSA) is 36.4 Å². The Labute approximate surface area is 122 Å². The fraction of sp³-hybridized carbons (Fsp3) is 0.600. The molecule has 114 valence electrons. The van der Waals surface area contributed by atoms with E-state index in [1.807, 2.05) is 18.2 Å². The SMILES string of the molecule is O=C(C1CCN(c2ccccn2)C1)N1CCC(F)(F)CC1. The van der Waals surface area contributed by atoms with Crippen LogP contribution < -0.4 is 4.90 Å². The molecule has 2 aliphatic heterocycles. The summed E-state index contributed by atoms with van der Waals surface area (Å²) in [5.74, 6) is -1.81. The van der Waals surface area contributed by atoms with E-state index in [0.29, 0.717) is 6.54 Å².